The molecule has 20 heavy (non-hydrogen) atoms. The largest absolute Gasteiger partial charge is 0.487 e. The summed E-state index contributed by atoms with van der Waals surface area (Å²) in [6, 6.07) is 7.35. The van der Waals surface area contributed by atoms with Crippen LogP contribution in [-0.2, 0) is 24.5 Å². The van der Waals surface area contributed by atoms with Gasteiger partial charge < -0.3 is 19.3 Å². The topological polar surface area (TPSA) is 56.5 Å². The van der Waals surface area contributed by atoms with E-state index in [1.54, 1.807) is 13.2 Å². The SMILES string of the molecule is CNCc1cc(Cl)ccc1OCc1cc(COC)on1. The van der Waals surface area contributed by atoms with Gasteiger partial charge in [-0.1, -0.05) is 16.8 Å². The van der Waals surface area contributed by atoms with Crippen LogP contribution in [0.5, 0.6) is 5.75 Å². The maximum Gasteiger partial charge on any atom is 0.162 e. The first-order valence-electron chi connectivity index (χ1n) is 6.22. The molecular formula is C14H17ClN2O3. The monoisotopic (exact) mass is 296 g/mol. The Morgan fingerprint density at radius 2 is 2.15 bits per heavy atom. The number of halogens is 1. The van der Waals surface area contributed by atoms with Crippen LogP contribution in [0.25, 0.3) is 0 Å². The van der Waals surface area contributed by atoms with Gasteiger partial charge in [-0.25, -0.2) is 0 Å². The molecule has 0 radical (unpaired) electrons. The van der Waals surface area contributed by atoms with Crippen molar-refractivity contribution in [3.8, 4) is 5.75 Å². The second-order valence-corrected chi connectivity index (χ2v) is 4.73. The third-order valence-electron chi connectivity index (χ3n) is 2.66. The first kappa shape index (κ1) is 14.8. The molecule has 108 valence electrons. The van der Waals surface area contributed by atoms with Crippen molar-refractivity contribution in [2.45, 2.75) is 19.8 Å². The number of hydrogen-bond acceptors (Lipinski definition) is 5. The van der Waals surface area contributed by atoms with Crippen molar-refractivity contribution < 1.29 is 14.0 Å². The lowest BCUT2D eigenvalue weighted by atomic mass is 10.2. The summed E-state index contributed by atoms with van der Waals surface area (Å²) < 4.78 is 15.8. The van der Waals surface area contributed by atoms with Gasteiger partial charge in [0.2, 0.25) is 0 Å². The van der Waals surface area contributed by atoms with Gasteiger partial charge in [0.05, 0.1) is 0 Å². The fraction of sp³-hybridized carbons (Fsp3) is 0.357. The maximum absolute atomic E-state index is 5.98. The molecule has 0 aliphatic heterocycles. The molecule has 0 atom stereocenters. The van der Waals surface area contributed by atoms with Crippen molar-refractivity contribution in [3.63, 3.8) is 0 Å². The molecule has 0 amide bonds. The van der Waals surface area contributed by atoms with Gasteiger partial charge in [-0.3, -0.25) is 0 Å². The van der Waals surface area contributed by atoms with Gasteiger partial charge in [0.15, 0.2) is 5.76 Å². The van der Waals surface area contributed by atoms with Gasteiger partial charge in [0, 0.05) is 30.3 Å². The Kier molecular flexibility index (Phi) is 5.40. The van der Waals surface area contributed by atoms with E-state index in [1.165, 1.54) is 0 Å². The number of methoxy groups -OCH3 is 1. The van der Waals surface area contributed by atoms with E-state index in [9.17, 15) is 0 Å². The summed E-state index contributed by atoms with van der Waals surface area (Å²) in [6.07, 6.45) is 0. The quantitative estimate of drug-likeness (QED) is 0.851. The predicted octanol–water partition coefficient (Wildman–Crippen LogP) is 2.77. The second-order valence-electron chi connectivity index (χ2n) is 4.29. The smallest absolute Gasteiger partial charge is 0.162 e. The average Bonchev–Trinajstić information content (AvgIpc) is 2.86. The lowest BCUT2D eigenvalue weighted by molar-refractivity contribution is 0.155. The molecule has 0 fully saturated rings. The molecule has 2 rings (SSSR count). The second kappa shape index (κ2) is 7.28. The van der Waals surface area contributed by atoms with Crippen LogP contribution < -0.4 is 10.1 Å². The normalized spacial score (nSPS) is 10.8. The maximum atomic E-state index is 5.98. The Labute approximate surface area is 122 Å². The third kappa shape index (κ3) is 3.96. The van der Waals surface area contributed by atoms with Gasteiger partial charge >= 0.3 is 0 Å². The Hall–Kier alpha value is -1.56. The van der Waals surface area contributed by atoms with E-state index >= 15 is 0 Å². The van der Waals surface area contributed by atoms with Gasteiger partial charge in [-0.05, 0) is 25.2 Å². The Balaban J connectivity index is 2.02. The van der Waals surface area contributed by atoms with Crippen molar-refractivity contribution in [2.24, 2.45) is 0 Å². The zero-order valence-corrected chi connectivity index (χ0v) is 12.2. The van der Waals surface area contributed by atoms with Crippen LogP contribution in [0.3, 0.4) is 0 Å². The minimum atomic E-state index is 0.339. The van der Waals surface area contributed by atoms with Gasteiger partial charge in [0.25, 0.3) is 0 Å². The van der Waals surface area contributed by atoms with Crippen LogP contribution in [0, 0.1) is 0 Å². The molecule has 0 aliphatic carbocycles. The van der Waals surface area contributed by atoms with Crippen molar-refractivity contribution in [1.82, 2.24) is 10.5 Å². The van der Waals surface area contributed by atoms with Gasteiger partial charge in [-0.15, -0.1) is 0 Å². The highest BCUT2D eigenvalue weighted by Gasteiger charge is 2.08. The molecule has 1 N–H and O–H groups in total. The molecule has 1 heterocycles. The van der Waals surface area contributed by atoms with Crippen molar-refractivity contribution in [2.75, 3.05) is 14.2 Å². The summed E-state index contributed by atoms with van der Waals surface area (Å²) in [7, 11) is 3.48. The molecule has 6 heteroatoms. The highest BCUT2D eigenvalue weighted by atomic mass is 35.5. The number of hydrogen-bond donors (Lipinski definition) is 1. The minimum absolute atomic E-state index is 0.339. The summed E-state index contributed by atoms with van der Waals surface area (Å²) >= 11 is 5.98. The van der Waals surface area contributed by atoms with Crippen LogP contribution in [-0.4, -0.2) is 19.3 Å². The molecule has 0 bridgehead atoms. The first-order chi connectivity index (χ1) is 9.72. The van der Waals surface area contributed by atoms with E-state index < -0.39 is 0 Å². The molecule has 5 nitrogen and oxygen atoms in total. The predicted molar refractivity (Wildman–Crippen MR) is 75.8 cm³/mol. The van der Waals surface area contributed by atoms with Crippen LogP contribution in [0.1, 0.15) is 17.0 Å². The fourth-order valence-electron chi connectivity index (χ4n) is 1.80. The highest BCUT2D eigenvalue weighted by molar-refractivity contribution is 6.30. The van der Waals surface area contributed by atoms with Crippen LogP contribution in [0.2, 0.25) is 5.02 Å². The van der Waals surface area contributed by atoms with E-state index in [1.807, 2.05) is 25.2 Å². The molecule has 1 aromatic carbocycles. The lowest BCUT2D eigenvalue weighted by Crippen LogP contribution is -2.07. The first-order valence-corrected chi connectivity index (χ1v) is 6.60. The van der Waals surface area contributed by atoms with Crippen LogP contribution >= 0.6 is 11.6 Å². The van der Waals surface area contributed by atoms with Crippen molar-refractivity contribution in [1.29, 1.82) is 0 Å². The molecule has 0 saturated heterocycles. The number of aromatic nitrogens is 1. The minimum Gasteiger partial charge on any atom is -0.487 e. The van der Waals surface area contributed by atoms with E-state index in [4.69, 9.17) is 25.6 Å². The third-order valence-corrected chi connectivity index (χ3v) is 2.89. The molecule has 0 saturated carbocycles. The molecule has 0 aliphatic rings. The number of nitrogens with zero attached hydrogens (tertiary/aromatic N) is 1. The number of benzene rings is 1. The number of rotatable bonds is 7. The van der Waals surface area contributed by atoms with E-state index in [-0.39, 0.29) is 0 Å². The van der Waals surface area contributed by atoms with Crippen molar-refractivity contribution in [3.05, 3.63) is 46.3 Å². The Morgan fingerprint density at radius 3 is 2.90 bits per heavy atom. The van der Waals surface area contributed by atoms with Crippen LogP contribution in [0.4, 0.5) is 0 Å². The van der Waals surface area contributed by atoms with Gasteiger partial charge in [0.1, 0.15) is 24.7 Å². The zero-order valence-electron chi connectivity index (χ0n) is 11.5. The Bertz CT molecular complexity index is 557. The summed E-state index contributed by atoms with van der Waals surface area (Å²) in [5, 5.41) is 7.69. The van der Waals surface area contributed by atoms with Crippen LogP contribution in [0.15, 0.2) is 28.8 Å². The molecule has 1 aromatic heterocycles. The number of ether oxygens (including phenoxy) is 2. The summed E-state index contributed by atoms with van der Waals surface area (Å²) in [5.74, 6) is 1.46. The summed E-state index contributed by atoms with van der Waals surface area (Å²) in [5.41, 5.74) is 1.73. The highest BCUT2D eigenvalue weighted by Crippen LogP contribution is 2.23. The van der Waals surface area contributed by atoms with Crippen molar-refractivity contribution >= 4 is 11.6 Å². The van der Waals surface area contributed by atoms with E-state index in [0.29, 0.717) is 30.5 Å². The lowest BCUT2D eigenvalue weighted by Gasteiger charge is -2.10. The molecule has 0 unspecified atom stereocenters. The Morgan fingerprint density at radius 1 is 1.30 bits per heavy atom. The molecule has 0 spiro atoms. The van der Waals surface area contributed by atoms with E-state index in [0.717, 1.165) is 17.0 Å². The van der Waals surface area contributed by atoms with Gasteiger partial charge in [-0.2, -0.15) is 0 Å². The fourth-order valence-corrected chi connectivity index (χ4v) is 2.00. The molecule has 2 aromatic rings. The summed E-state index contributed by atoms with van der Waals surface area (Å²) in [4.78, 5) is 0. The zero-order chi connectivity index (χ0) is 14.4. The standard InChI is InChI=1S/C14H17ClN2O3/c1-16-7-10-5-11(15)3-4-14(10)19-8-12-6-13(9-18-2)20-17-12/h3-6,16H,7-9H2,1-2H3. The van der Waals surface area contributed by atoms with E-state index in [2.05, 4.69) is 10.5 Å². The summed E-state index contributed by atoms with van der Waals surface area (Å²) in [6.45, 7) is 1.42. The number of nitrogens with one attached hydrogen (secondary N) is 1. The average molecular weight is 297 g/mol. The molecular weight excluding hydrogens is 280 g/mol.